The number of hydrogen-bond donors (Lipinski definition) is 2. The normalized spacial score (nSPS) is 11.4. The number of benzene rings is 1. The third kappa shape index (κ3) is 3.26. The lowest BCUT2D eigenvalue weighted by molar-refractivity contribution is 0.601. The van der Waals surface area contributed by atoms with Gasteiger partial charge in [-0.1, -0.05) is 25.5 Å². The van der Waals surface area contributed by atoms with Gasteiger partial charge in [0.1, 0.15) is 11.2 Å². The fourth-order valence-corrected chi connectivity index (χ4v) is 3.63. The lowest BCUT2D eigenvalue weighted by Crippen LogP contribution is -2.15. The van der Waals surface area contributed by atoms with Gasteiger partial charge in [0.15, 0.2) is 0 Å². The SMILES string of the molecule is CCCCc1cccc(S(=O)(=O)Nc2ncns2)c1N. The lowest BCUT2D eigenvalue weighted by Gasteiger charge is -2.11. The van der Waals surface area contributed by atoms with E-state index in [2.05, 4.69) is 21.0 Å². The number of nitrogens with two attached hydrogens (primary N) is 1. The van der Waals surface area contributed by atoms with Crippen LogP contribution >= 0.6 is 11.5 Å². The van der Waals surface area contributed by atoms with Crippen molar-refractivity contribution in [2.24, 2.45) is 0 Å². The molecule has 2 rings (SSSR count). The summed E-state index contributed by atoms with van der Waals surface area (Å²) >= 11 is 0.976. The Morgan fingerprint density at radius 1 is 1.40 bits per heavy atom. The van der Waals surface area contributed by atoms with E-state index < -0.39 is 10.0 Å². The van der Waals surface area contributed by atoms with E-state index in [1.807, 2.05) is 6.07 Å². The van der Waals surface area contributed by atoms with E-state index in [-0.39, 0.29) is 10.0 Å². The van der Waals surface area contributed by atoms with Gasteiger partial charge in [0.05, 0.1) is 5.69 Å². The van der Waals surface area contributed by atoms with E-state index >= 15 is 0 Å². The van der Waals surface area contributed by atoms with Crippen LogP contribution in [0.1, 0.15) is 25.3 Å². The van der Waals surface area contributed by atoms with E-state index in [4.69, 9.17) is 5.73 Å². The molecule has 0 fully saturated rings. The summed E-state index contributed by atoms with van der Waals surface area (Å²) in [6.45, 7) is 2.08. The van der Waals surface area contributed by atoms with Crippen LogP contribution in [0.3, 0.4) is 0 Å². The Morgan fingerprint density at radius 3 is 2.85 bits per heavy atom. The Morgan fingerprint density at radius 2 is 2.20 bits per heavy atom. The van der Waals surface area contributed by atoms with Gasteiger partial charge in [0.2, 0.25) is 5.13 Å². The Kier molecular flexibility index (Phi) is 4.56. The van der Waals surface area contributed by atoms with Crippen molar-refractivity contribution in [3.05, 3.63) is 30.1 Å². The van der Waals surface area contributed by atoms with Crippen molar-refractivity contribution in [1.29, 1.82) is 0 Å². The van der Waals surface area contributed by atoms with Crippen LogP contribution in [0.15, 0.2) is 29.4 Å². The van der Waals surface area contributed by atoms with Crippen LogP contribution in [-0.2, 0) is 16.4 Å². The van der Waals surface area contributed by atoms with E-state index in [0.29, 0.717) is 5.69 Å². The van der Waals surface area contributed by atoms with Crippen molar-refractivity contribution in [2.45, 2.75) is 31.1 Å². The highest BCUT2D eigenvalue weighted by Crippen LogP contribution is 2.26. The Hall–Kier alpha value is -1.67. The molecule has 0 radical (unpaired) electrons. The molecule has 0 unspecified atom stereocenters. The molecule has 1 heterocycles. The maximum absolute atomic E-state index is 12.3. The van der Waals surface area contributed by atoms with E-state index in [1.54, 1.807) is 6.07 Å². The van der Waals surface area contributed by atoms with Gasteiger partial charge in [0.25, 0.3) is 10.0 Å². The molecule has 8 heteroatoms. The molecule has 0 saturated carbocycles. The minimum Gasteiger partial charge on any atom is -0.397 e. The van der Waals surface area contributed by atoms with Crippen LogP contribution in [0, 0.1) is 0 Å². The molecule has 20 heavy (non-hydrogen) atoms. The van der Waals surface area contributed by atoms with Gasteiger partial charge < -0.3 is 5.73 Å². The summed E-state index contributed by atoms with van der Waals surface area (Å²) in [5.74, 6) is 0. The van der Waals surface area contributed by atoms with Gasteiger partial charge in [-0.2, -0.15) is 4.37 Å². The lowest BCUT2D eigenvalue weighted by atomic mass is 10.1. The molecule has 0 spiro atoms. The topological polar surface area (TPSA) is 98.0 Å². The highest BCUT2D eigenvalue weighted by atomic mass is 32.2. The summed E-state index contributed by atoms with van der Waals surface area (Å²) < 4.78 is 30.7. The summed E-state index contributed by atoms with van der Waals surface area (Å²) in [6.07, 6.45) is 4.06. The smallest absolute Gasteiger partial charge is 0.265 e. The highest BCUT2D eigenvalue weighted by Gasteiger charge is 2.20. The van der Waals surface area contributed by atoms with Crippen molar-refractivity contribution >= 4 is 32.4 Å². The summed E-state index contributed by atoms with van der Waals surface area (Å²) in [5.41, 5.74) is 7.14. The number of nitrogens with zero attached hydrogens (tertiary/aromatic N) is 2. The van der Waals surface area contributed by atoms with Crippen LogP contribution in [0.5, 0.6) is 0 Å². The number of aromatic nitrogens is 2. The molecule has 0 aliphatic heterocycles. The Labute approximate surface area is 122 Å². The molecule has 0 amide bonds. The first kappa shape index (κ1) is 14.7. The molecule has 0 aliphatic rings. The number of anilines is 2. The second-order valence-corrected chi connectivity index (χ2v) is 6.72. The number of aryl methyl sites for hydroxylation is 1. The second kappa shape index (κ2) is 6.19. The predicted molar refractivity (Wildman–Crippen MR) is 80.2 cm³/mol. The summed E-state index contributed by atoms with van der Waals surface area (Å²) in [4.78, 5) is 3.89. The molecule has 0 bridgehead atoms. The van der Waals surface area contributed by atoms with Gasteiger partial charge in [-0.15, -0.1) is 0 Å². The minimum atomic E-state index is -3.73. The molecule has 1 aromatic carbocycles. The van der Waals surface area contributed by atoms with Crippen LogP contribution in [-0.4, -0.2) is 17.8 Å². The molecule has 3 N–H and O–H groups in total. The monoisotopic (exact) mass is 312 g/mol. The van der Waals surface area contributed by atoms with Gasteiger partial charge in [-0.25, -0.2) is 13.4 Å². The standard InChI is InChI=1S/C12H16N4O2S2/c1-2-3-5-9-6-4-7-10(11(9)13)20(17,18)16-12-14-8-15-19-12/h4,6-8H,2-3,5,13H2,1H3,(H,14,15,16). The van der Waals surface area contributed by atoms with Crippen LogP contribution in [0.4, 0.5) is 10.8 Å². The average Bonchev–Trinajstić information content (AvgIpc) is 2.89. The molecule has 0 saturated heterocycles. The van der Waals surface area contributed by atoms with E-state index in [9.17, 15) is 8.42 Å². The first-order chi connectivity index (χ1) is 9.54. The summed E-state index contributed by atoms with van der Waals surface area (Å²) in [7, 11) is -3.73. The molecular formula is C12H16N4O2S2. The van der Waals surface area contributed by atoms with Crippen molar-refractivity contribution in [3.8, 4) is 0 Å². The minimum absolute atomic E-state index is 0.0845. The van der Waals surface area contributed by atoms with Gasteiger partial charge >= 0.3 is 0 Å². The number of nitrogen functional groups attached to an aromatic ring is 1. The highest BCUT2D eigenvalue weighted by molar-refractivity contribution is 7.93. The molecule has 0 atom stereocenters. The fraction of sp³-hybridized carbons (Fsp3) is 0.333. The third-order valence-electron chi connectivity index (χ3n) is 2.83. The number of nitrogens with one attached hydrogen (secondary N) is 1. The number of unbranched alkanes of at least 4 members (excludes halogenated alkanes) is 1. The quantitative estimate of drug-likeness (QED) is 0.797. The zero-order valence-electron chi connectivity index (χ0n) is 11.0. The van der Waals surface area contributed by atoms with Crippen LogP contribution in [0.25, 0.3) is 0 Å². The van der Waals surface area contributed by atoms with Crippen molar-refractivity contribution < 1.29 is 8.42 Å². The molecular weight excluding hydrogens is 296 g/mol. The van der Waals surface area contributed by atoms with E-state index in [0.717, 1.165) is 36.4 Å². The maximum atomic E-state index is 12.3. The summed E-state index contributed by atoms with van der Waals surface area (Å²) in [6, 6.07) is 5.05. The average molecular weight is 312 g/mol. The molecule has 1 aromatic heterocycles. The van der Waals surface area contributed by atoms with Crippen LogP contribution in [0.2, 0.25) is 0 Å². The largest absolute Gasteiger partial charge is 0.397 e. The Balaban J connectivity index is 2.32. The predicted octanol–water partition coefficient (Wildman–Crippen LogP) is 2.26. The summed E-state index contributed by atoms with van der Waals surface area (Å²) in [5, 5.41) is 0.225. The Bertz CT molecular complexity index is 669. The van der Waals surface area contributed by atoms with Gasteiger partial charge in [-0.05, 0) is 24.5 Å². The zero-order chi connectivity index (χ0) is 14.6. The van der Waals surface area contributed by atoms with Gasteiger partial charge in [-0.3, -0.25) is 4.72 Å². The number of sulfonamides is 1. The third-order valence-corrected chi connectivity index (χ3v) is 4.93. The van der Waals surface area contributed by atoms with Crippen molar-refractivity contribution in [1.82, 2.24) is 9.36 Å². The van der Waals surface area contributed by atoms with Gasteiger partial charge in [0, 0.05) is 11.5 Å². The first-order valence-corrected chi connectivity index (χ1v) is 8.47. The molecule has 0 aliphatic carbocycles. The first-order valence-electron chi connectivity index (χ1n) is 6.21. The number of para-hydroxylation sites is 1. The molecule has 6 nitrogen and oxygen atoms in total. The fourth-order valence-electron chi connectivity index (χ4n) is 1.80. The van der Waals surface area contributed by atoms with Crippen molar-refractivity contribution in [3.63, 3.8) is 0 Å². The zero-order valence-corrected chi connectivity index (χ0v) is 12.7. The van der Waals surface area contributed by atoms with Crippen LogP contribution < -0.4 is 10.5 Å². The molecule has 108 valence electrons. The second-order valence-electron chi connectivity index (χ2n) is 4.28. The number of rotatable bonds is 6. The van der Waals surface area contributed by atoms with Crippen molar-refractivity contribution in [2.75, 3.05) is 10.5 Å². The van der Waals surface area contributed by atoms with E-state index in [1.165, 1.54) is 12.4 Å². The molecule has 2 aromatic rings. The maximum Gasteiger partial charge on any atom is 0.265 e. The number of hydrogen-bond acceptors (Lipinski definition) is 6.